The molecule has 8 heteroatoms. The maximum absolute atomic E-state index is 12.3. The van der Waals surface area contributed by atoms with Gasteiger partial charge in [0.1, 0.15) is 16.0 Å². The van der Waals surface area contributed by atoms with E-state index in [9.17, 15) is 8.42 Å². The second kappa shape index (κ2) is 6.35. The summed E-state index contributed by atoms with van der Waals surface area (Å²) in [5, 5.41) is 8.54. The fourth-order valence-electron chi connectivity index (χ4n) is 1.55. The zero-order chi connectivity index (χ0) is 15.5. The van der Waals surface area contributed by atoms with E-state index in [1.165, 1.54) is 6.07 Å². The highest BCUT2D eigenvalue weighted by Gasteiger charge is 2.20. The Morgan fingerprint density at radius 3 is 2.76 bits per heavy atom. The number of nitriles is 1. The number of hydrogen-bond donors (Lipinski definition) is 1. The van der Waals surface area contributed by atoms with Crippen molar-refractivity contribution < 1.29 is 13.2 Å². The Labute approximate surface area is 131 Å². The molecule has 0 aliphatic rings. The number of anilines is 1. The first kappa shape index (κ1) is 15.6. The van der Waals surface area contributed by atoms with Crippen LogP contribution < -0.4 is 9.46 Å². The summed E-state index contributed by atoms with van der Waals surface area (Å²) in [7, 11) is -3.74. The van der Waals surface area contributed by atoms with Crippen LogP contribution in [-0.2, 0) is 10.0 Å². The minimum absolute atomic E-state index is 0.125. The van der Waals surface area contributed by atoms with Crippen molar-refractivity contribution in [3.63, 3.8) is 0 Å². The molecule has 0 amide bonds. The van der Waals surface area contributed by atoms with Crippen LogP contribution in [0, 0.1) is 18.3 Å². The molecule has 0 fully saturated rings. The molecular formula is C13H11ClN2O3S2. The van der Waals surface area contributed by atoms with E-state index in [1.807, 2.05) is 6.07 Å². The number of rotatable bonds is 5. The van der Waals surface area contributed by atoms with Crippen molar-refractivity contribution in [2.24, 2.45) is 0 Å². The Morgan fingerprint density at radius 2 is 2.14 bits per heavy atom. The van der Waals surface area contributed by atoms with Crippen LogP contribution in [0.4, 0.5) is 5.69 Å². The molecule has 5 nitrogen and oxygen atoms in total. The van der Waals surface area contributed by atoms with Gasteiger partial charge in [-0.3, -0.25) is 4.72 Å². The topological polar surface area (TPSA) is 79.2 Å². The lowest BCUT2D eigenvalue weighted by molar-refractivity contribution is 0.370. The van der Waals surface area contributed by atoms with Crippen LogP contribution in [0.2, 0.25) is 4.34 Å². The van der Waals surface area contributed by atoms with Crippen LogP contribution >= 0.6 is 22.9 Å². The third-order valence-corrected chi connectivity index (χ3v) is 5.92. The Morgan fingerprint density at radius 1 is 1.43 bits per heavy atom. The number of benzene rings is 1. The van der Waals surface area contributed by atoms with Gasteiger partial charge in [0.15, 0.2) is 6.61 Å². The third-order valence-electron chi connectivity index (χ3n) is 2.52. The van der Waals surface area contributed by atoms with Gasteiger partial charge in [-0.25, -0.2) is 8.42 Å². The maximum Gasteiger partial charge on any atom is 0.271 e. The van der Waals surface area contributed by atoms with Crippen LogP contribution in [0.3, 0.4) is 0 Å². The van der Waals surface area contributed by atoms with E-state index in [1.54, 1.807) is 31.2 Å². The van der Waals surface area contributed by atoms with Gasteiger partial charge in [-0.15, -0.1) is 11.3 Å². The Hall–Kier alpha value is -1.75. The Bertz CT molecular complexity index is 774. The highest BCUT2D eigenvalue weighted by atomic mass is 35.5. The zero-order valence-electron chi connectivity index (χ0n) is 11.0. The molecule has 21 heavy (non-hydrogen) atoms. The minimum Gasteiger partial charge on any atom is -0.477 e. The van der Waals surface area contributed by atoms with Gasteiger partial charge >= 0.3 is 0 Å². The first-order chi connectivity index (χ1) is 9.94. The molecule has 0 saturated carbocycles. The second-order valence-electron chi connectivity index (χ2n) is 4.07. The van der Waals surface area contributed by atoms with Crippen LogP contribution in [0.5, 0.6) is 5.75 Å². The Kier molecular flexibility index (Phi) is 4.73. The predicted molar refractivity (Wildman–Crippen MR) is 82.4 cm³/mol. The molecule has 0 radical (unpaired) electrons. The van der Waals surface area contributed by atoms with Crippen molar-refractivity contribution in [3.05, 3.63) is 40.2 Å². The first-order valence-electron chi connectivity index (χ1n) is 5.81. The average molecular weight is 343 g/mol. The quantitative estimate of drug-likeness (QED) is 0.903. The van der Waals surface area contributed by atoms with Crippen molar-refractivity contribution in [1.29, 1.82) is 5.26 Å². The summed E-state index contributed by atoms with van der Waals surface area (Å²) in [5.74, 6) is 0.294. The lowest BCUT2D eigenvalue weighted by atomic mass is 10.3. The van der Waals surface area contributed by atoms with Gasteiger partial charge in [0, 0.05) is 0 Å². The SMILES string of the molecule is Cc1cc(S(=O)(=O)Nc2ccccc2OCC#N)sc1Cl. The number of thiophene rings is 1. The molecule has 0 aliphatic heterocycles. The van der Waals surface area contributed by atoms with Gasteiger partial charge in [-0.1, -0.05) is 23.7 Å². The van der Waals surface area contributed by atoms with Crippen molar-refractivity contribution in [3.8, 4) is 11.8 Å². The largest absolute Gasteiger partial charge is 0.477 e. The van der Waals surface area contributed by atoms with E-state index in [4.69, 9.17) is 21.6 Å². The molecule has 0 bridgehead atoms. The van der Waals surface area contributed by atoms with Gasteiger partial charge < -0.3 is 4.74 Å². The van der Waals surface area contributed by atoms with E-state index in [0.717, 1.165) is 11.3 Å². The number of para-hydroxylation sites is 2. The molecule has 0 aliphatic carbocycles. The fraction of sp³-hybridized carbons (Fsp3) is 0.154. The van der Waals surface area contributed by atoms with Crippen LogP contribution in [0.15, 0.2) is 34.5 Å². The Balaban J connectivity index is 2.31. The van der Waals surface area contributed by atoms with E-state index < -0.39 is 10.0 Å². The van der Waals surface area contributed by atoms with Crippen molar-refractivity contribution in [2.45, 2.75) is 11.1 Å². The van der Waals surface area contributed by atoms with Crippen molar-refractivity contribution >= 4 is 38.6 Å². The summed E-state index contributed by atoms with van der Waals surface area (Å²) in [6.07, 6.45) is 0. The summed E-state index contributed by atoms with van der Waals surface area (Å²) < 4.78 is 32.8. The number of ether oxygens (including phenoxy) is 1. The van der Waals surface area contributed by atoms with Crippen LogP contribution in [-0.4, -0.2) is 15.0 Å². The number of nitrogens with one attached hydrogen (secondary N) is 1. The van der Waals surface area contributed by atoms with Gasteiger partial charge in [-0.05, 0) is 30.7 Å². The number of nitrogens with zero attached hydrogens (tertiary/aromatic N) is 1. The van der Waals surface area contributed by atoms with Crippen molar-refractivity contribution in [2.75, 3.05) is 11.3 Å². The predicted octanol–water partition coefficient (Wildman–Crippen LogP) is 3.41. The highest BCUT2D eigenvalue weighted by Crippen LogP contribution is 2.33. The second-order valence-corrected chi connectivity index (χ2v) is 7.63. The van der Waals surface area contributed by atoms with E-state index in [0.29, 0.717) is 15.6 Å². The van der Waals surface area contributed by atoms with Gasteiger partial charge in [0.25, 0.3) is 10.0 Å². The summed E-state index contributed by atoms with van der Waals surface area (Å²) >= 11 is 6.89. The van der Waals surface area contributed by atoms with E-state index in [2.05, 4.69) is 4.72 Å². The summed E-state index contributed by atoms with van der Waals surface area (Å²) in [4.78, 5) is 0. The molecule has 1 aromatic heterocycles. The number of sulfonamides is 1. The molecule has 2 rings (SSSR count). The molecule has 1 N–H and O–H groups in total. The molecule has 0 unspecified atom stereocenters. The average Bonchev–Trinajstić information content (AvgIpc) is 2.78. The summed E-state index contributed by atoms with van der Waals surface area (Å²) in [5.41, 5.74) is 0.978. The summed E-state index contributed by atoms with van der Waals surface area (Å²) in [6, 6.07) is 9.85. The number of aryl methyl sites for hydroxylation is 1. The van der Waals surface area contributed by atoms with Gasteiger partial charge in [0.2, 0.25) is 0 Å². The standard InChI is InChI=1S/C13H11ClN2O3S2/c1-9-8-12(20-13(9)14)21(17,18)16-10-4-2-3-5-11(10)19-7-6-15/h2-5,8,16H,7H2,1H3. The monoisotopic (exact) mass is 342 g/mol. The molecule has 0 spiro atoms. The van der Waals surface area contributed by atoms with Gasteiger partial charge in [0.05, 0.1) is 10.0 Å². The molecule has 1 heterocycles. The molecule has 0 atom stereocenters. The smallest absolute Gasteiger partial charge is 0.271 e. The molecule has 0 saturated heterocycles. The maximum atomic E-state index is 12.3. The molecule has 1 aromatic carbocycles. The number of hydrogen-bond acceptors (Lipinski definition) is 5. The van der Waals surface area contributed by atoms with Crippen LogP contribution in [0.25, 0.3) is 0 Å². The molecular weight excluding hydrogens is 332 g/mol. The minimum atomic E-state index is -3.74. The van der Waals surface area contributed by atoms with Gasteiger partial charge in [-0.2, -0.15) is 5.26 Å². The molecule has 2 aromatic rings. The summed E-state index contributed by atoms with van der Waals surface area (Å²) in [6.45, 7) is 1.57. The lowest BCUT2D eigenvalue weighted by Crippen LogP contribution is -2.12. The third kappa shape index (κ3) is 3.67. The fourth-order valence-corrected chi connectivity index (χ4v) is 4.32. The zero-order valence-corrected chi connectivity index (χ0v) is 13.3. The number of halogens is 1. The molecule has 110 valence electrons. The van der Waals surface area contributed by atoms with E-state index >= 15 is 0 Å². The van der Waals surface area contributed by atoms with Crippen LogP contribution in [0.1, 0.15) is 5.56 Å². The highest BCUT2D eigenvalue weighted by molar-refractivity contribution is 7.94. The first-order valence-corrected chi connectivity index (χ1v) is 8.49. The normalized spacial score (nSPS) is 10.9. The van der Waals surface area contributed by atoms with E-state index in [-0.39, 0.29) is 16.5 Å². The lowest BCUT2D eigenvalue weighted by Gasteiger charge is -2.11. The van der Waals surface area contributed by atoms with Crippen molar-refractivity contribution in [1.82, 2.24) is 0 Å².